The third-order valence-corrected chi connectivity index (χ3v) is 4.37. The molecule has 0 saturated heterocycles. The Morgan fingerprint density at radius 3 is 2.60 bits per heavy atom. The van der Waals surface area contributed by atoms with Crippen LogP contribution in [0.25, 0.3) is 0 Å². The summed E-state index contributed by atoms with van der Waals surface area (Å²) in [7, 11) is 0.0802. The first-order valence-electron chi connectivity index (χ1n) is 5.51. The van der Waals surface area contributed by atoms with Crippen LogP contribution >= 0.6 is 11.6 Å². The Kier molecular flexibility index (Phi) is 4.19. The number of halogens is 4. The lowest BCUT2D eigenvalue weighted by atomic mass is 10.2. The molecule has 0 amide bonds. The van der Waals surface area contributed by atoms with Crippen molar-refractivity contribution in [3.05, 3.63) is 46.7 Å². The lowest BCUT2D eigenvalue weighted by Crippen LogP contribution is -2.08. The number of hydrogen-bond donors (Lipinski definition) is 0. The number of rotatable bonds is 3. The van der Waals surface area contributed by atoms with Crippen molar-refractivity contribution in [3.8, 4) is 0 Å². The largest absolute Gasteiger partial charge is 0.417 e. The molecule has 1 atom stereocenters. The second-order valence-corrected chi connectivity index (χ2v) is 5.93. The molecule has 0 spiro atoms. The topological polar surface area (TPSA) is 34.9 Å². The average Bonchev–Trinajstić information content (AvgIpc) is 2.74. The van der Waals surface area contributed by atoms with Gasteiger partial charge in [-0.3, -0.25) is 8.89 Å². The van der Waals surface area contributed by atoms with Gasteiger partial charge in [0.2, 0.25) is 0 Å². The molecular weight excluding hydrogens is 313 g/mol. The molecule has 0 bridgehead atoms. The molecule has 3 nitrogen and oxygen atoms in total. The molecule has 0 aliphatic carbocycles. The minimum atomic E-state index is -4.57. The van der Waals surface area contributed by atoms with Crippen molar-refractivity contribution in [1.29, 1.82) is 0 Å². The van der Waals surface area contributed by atoms with Crippen molar-refractivity contribution in [3.63, 3.8) is 0 Å². The molecule has 0 radical (unpaired) electrons. The molecule has 8 heteroatoms. The van der Waals surface area contributed by atoms with E-state index >= 15 is 0 Å². The molecule has 1 heterocycles. The van der Waals surface area contributed by atoms with Crippen molar-refractivity contribution in [1.82, 2.24) is 9.78 Å². The fraction of sp³-hybridized carbons (Fsp3) is 0.250. The molecule has 108 valence electrons. The Morgan fingerprint density at radius 2 is 2.05 bits per heavy atom. The summed E-state index contributed by atoms with van der Waals surface area (Å²) in [5.41, 5.74) is -0.304. The molecule has 2 aromatic rings. The van der Waals surface area contributed by atoms with E-state index in [2.05, 4.69) is 5.10 Å². The van der Waals surface area contributed by atoms with E-state index in [1.54, 1.807) is 13.1 Å². The van der Waals surface area contributed by atoms with Crippen LogP contribution in [0.1, 0.15) is 11.3 Å². The van der Waals surface area contributed by atoms with E-state index in [1.165, 1.54) is 16.9 Å². The number of nitrogens with zero attached hydrogens (tertiary/aromatic N) is 2. The zero-order chi connectivity index (χ0) is 14.9. The van der Waals surface area contributed by atoms with Gasteiger partial charge in [0, 0.05) is 18.1 Å². The summed E-state index contributed by atoms with van der Waals surface area (Å²) >= 11 is 5.52. The van der Waals surface area contributed by atoms with E-state index in [4.69, 9.17) is 11.6 Å². The van der Waals surface area contributed by atoms with Crippen LogP contribution in [0.5, 0.6) is 0 Å². The van der Waals surface area contributed by atoms with Gasteiger partial charge in [0.05, 0.1) is 32.8 Å². The summed E-state index contributed by atoms with van der Waals surface area (Å²) in [5, 5.41) is 3.51. The van der Waals surface area contributed by atoms with Gasteiger partial charge >= 0.3 is 6.18 Å². The highest BCUT2D eigenvalue weighted by Gasteiger charge is 2.33. The van der Waals surface area contributed by atoms with Crippen LogP contribution in [0, 0.1) is 0 Å². The van der Waals surface area contributed by atoms with E-state index in [-0.39, 0.29) is 10.6 Å². The van der Waals surface area contributed by atoms with Gasteiger partial charge in [-0.2, -0.15) is 18.3 Å². The Hall–Kier alpha value is -1.34. The highest BCUT2D eigenvalue weighted by Crippen LogP contribution is 2.35. The van der Waals surface area contributed by atoms with Gasteiger partial charge < -0.3 is 0 Å². The predicted octanol–water partition coefficient (Wildman–Crippen LogP) is 3.40. The first-order chi connectivity index (χ1) is 9.29. The first kappa shape index (κ1) is 15.1. The van der Waals surface area contributed by atoms with Gasteiger partial charge in [0.1, 0.15) is 0 Å². The number of benzene rings is 1. The lowest BCUT2D eigenvalue weighted by Gasteiger charge is -2.10. The first-order valence-corrected chi connectivity index (χ1v) is 7.20. The zero-order valence-electron chi connectivity index (χ0n) is 10.3. The number of alkyl halides is 3. The van der Waals surface area contributed by atoms with Crippen LogP contribution in [-0.2, 0) is 29.8 Å². The quantitative estimate of drug-likeness (QED) is 0.868. The van der Waals surface area contributed by atoms with E-state index in [0.717, 1.165) is 12.1 Å². The minimum Gasteiger partial charge on any atom is -0.272 e. The number of aryl methyl sites for hydroxylation is 1. The van der Waals surface area contributed by atoms with Crippen molar-refractivity contribution in [2.24, 2.45) is 7.05 Å². The van der Waals surface area contributed by atoms with Crippen LogP contribution in [0.3, 0.4) is 0 Å². The highest BCUT2D eigenvalue weighted by atomic mass is 35.5. The monoisotopic (exact) mass is 322 g/mol. The van der Waals surface area contributed by atoms with E-state index in [9.17, 15) is 17.4 Å². The highest BCUT2D eigenvalue weighted by molar-refractivity contribution is 7.84. The fourth-order valence-electron chi connectivity index (χ4n) is 1.62. The van der Waals surface area contributed by atoms with Crippen LogP contribution in [0.2, 0.25) is 5.02 Å². The van der Waals surface area contributed by atoms with Gasteiger partial charge in [-0.15, -0.1) is 0 Å². The van der Waals surface area contributed by atoms with E-state index in [1.807, 2.05) is 0 Å². The molecular formula is C12H10ClF3N2OS. The van der Waals surface area contributed by atoms with E-state index in [0.29, 0.717) is 5.69 Å². The Balaban J connectivity index is 2.29. The molecule has 0 unspecified atom stereocenters. The number of hydrogen-bond acceptors (Lipinski definition) is 2. The maximum atomic E-state index is 12.7. The SMILES string of the molecule is Cn1nccc1C[S@](=O)c1ccc(Cl)c(C(F)(F)F)c1. The van der Waals surface area contributed by atoms with Crippen LogP contribution < -0.4 is 0 Å². The molecule has 20 heavy (non-hydrogen) atoms. The second kappa shape index (κ2) is 5.57. The van der Waals surface area contributed by atoms with E-state index < -0.39 is 27.6 Å². The molecule has 1 aromatic heterocycles. The molecule has 2 rings (SSSR count). The smallest absolute Gasteiger partial charge is 0.272 e. The normalized spacial score (nSPS) is 13.4. The summed E-state index contributed by atoms with van der Waals surface area (Å²) in [6, 6.07) is 4.94. The summed E-state index contributed by atoms with van der Waals surface area (Å²) in [5.74, 6) is 0.0927. The molecule has 0 N–H and O–H groups in total. The van der Waals surface area contributed by atoms with Crippen LogP contribution in [0.15, 0.2) is 35.4 Å². The average molecular weight is 323 g/mol. The van der Waals surface area contributed by atoms with Crippen molar-refractivity contribution in [2.75, 3.05) is 0 Å². The summed E-state index contributed by atoms with van der Waals surface area (Å²) in [4.78, 5) is 0.0860. The lowest BCUT2D eigenvalue weighted by molar-refractivity contribution is -0.137. The van der Waals surface area contributed by atoms with Gasteiger partial charge in [-0.05, 0) is 24.3 Å². The molecule has 0 saturated carbocycles. The number of aromatic nitrogens is 2. The van der Waals surface area contributed by atoms with Gasteiger partial charge in [0.25, 0.3) is 0 Å². The molecule has 0 aliphatic heterocycles. The Morgan fingerprint density at radius 1 is 1.35 bits per heavy atom. The minimum absolute atomic E-state index is 0.0860. The second-order valence-electron chi connectivity index (χ2n) is 4.08. The standard InChI is InChI=1S/C12H10ClF3N2OS/c1-18-8(4-5-17-18)7-20(19)9-2-3-11(13)10(6-9)12(14,15)16/h2-6H,7H2,1H3/t20-/m0/s1. The Labute approximate surface area is 120 Å². The molecule has 1 aromatic carbocycles. The van der Waals surface area contributed by atoms with Gasteiger partial charge in [-0.25, -0.2) is 0 Å². The third-order valence-electron chi connectivity index (χ3n) is 2.71. The fourth-order valence-corrected chi connectivity index (χ4v) is 3.04. The van der Waals surface area contributed by atoms with Crippen molar-refractivity contribution in [2.45, 2.75) is 16.8 Å². The Bertz CT molecular complexity index is 654. The summed E-state index contributed by atoms with van der Waals surface area (Å²) < 4.78 is 51.8. The maximum Gasteiger partial charge on any atom is 0.417 e. The third kappa shape index (κ3) is 3.21. The van der Waals surface area contributed by atoms with Crippen molar-refractivity contribution < 1.29 is 17.4 Å². The van der Waals surface area contributed by atoms with Crippen LogP contribution in [0.4, 0.5) is 13.2 Å². The van der Waals surface area contributed by atoms with Crippen LogP contribution in [-0.4, -0.2) is 14.0 Å². The molecule has 0 fully saturated rings. The maximum absolute atomic E-state index is 12.7. The zero-order valence-corrected chi connectivity index (χ0v) is 11.9. The summed E-state index contributed by atoms with van der Waals surface area (Å²) in [6.45, 7) is 0. The summed E-state index contributed by atoms with van der Waals surface area (Å²) in [6.07, 6.45) is -3.03. The predicted molar refractivity (Wildman–Crippen MR) is 69.8 cm³/mol. The van der Waals surface area contributed by atoms with Crippen molar-refractivity contribution >= 4 is 22.4 Å². The van der Waals surface area contributed by atoms with Gasteiger partial charge in [0.15, 0.2) is 0 Å². The van der Waals surface area contributed by atoms with Gasteiger partial charge in [-0.1, -0.05) is 11.6 Å². The molecule has 0 aliphatic rings.